The first-order valence-electron chi connectivity index (χ1n) is 8.80. The number of carbonyl (C=O) groups is 1. The average molecular weight is 337 g/mol. The molecule has 1 aliphatic carbocycles. The molecule has 3 nitrogen and oxygen atoms in total. The highest BCUT2D eigenvalue weighted by atomic mass is 19.1. The number of ketones is 1. The molecule has 0 aromatic heterocycles. The van der Waals surface area contributed by atoms with E-state index in [0.717, 1.165) is 57.1 Å². The SMILES string of the molecule is COC1(CCN2CCC(C(=O)c3cc(F)ccc3F)CC2)CCC1. The summed E-state index contributed by atoms with van der Waals surface area (Å²) in [6.45, 7) is 2.63. The van der Waals surface area contributed by atoms with E-state index in [2.05, 4.69) is 4.90 Å². The fourth-order valence-electron chi connectivity index (χ4n) is 3.81. The van der Waals surface area contributed by atoms with Gasteiger partial charge in [-0.3, -0.25) is 4.79 Å². The van der Waals surface area contributed by atoms with E-state index in [1.54, 1.807) is 7.11 Å². The van der Waals surface area contributed by atoms with Crippen LogP contribution in [0.1, 0.15) is 48.9 Å². The third-order valence-electron chi connectivity index (χ3n) is 5.73. The molecule has 0 amide bonds. The molecule has 132 valence electrons. The molecule has 1 aromatic rings. The maximum atomic E-state index is 13.8. The van der Waals surface area contributed by atoms with Crippen LogP contribution in [0.5, 0.6) is 0 Å². The standard InChI is InChI=1S/C19H25F2NO2/c1-24-19(7-2-8-19)9-12-22-10-5-14(6-11-22)18(23)16-13-15(20)3-4-17(16)21/h3-4,13-14H,2,5-12H2,1H3. The van der Waals surface area contributed by atoms with Gasteiger partial charge < -0.3 is 9.64 Å². The minimum atomic E-state index is -0.629. The van der Waals surface area contributed by atoms with Crippen LogP contribution in [-0.2, 0) is 4.74 Å². The van der Waals surface area contributed by atoms with Crippen LogP contribution in [0.15, 0.2) is 18.2 Å². The molecule has 0 unspecified atom stereocenters. The third kappa shape index (κ3) is 3.67. The van der Waals surface area contributed by atoms with E-state index < -0.39 is 11.6 Å². The molecule has 3 rings (SSSR count). The molecule has 2 aliphatic rings. The first-order chi connectivity index (χ1) is 11.5. The zero-order valence-electron chi connectivity index (χ0n) is 14.2. The highest BCUT2D eigenvalue weighted by molar-refractivity contribution is 5.98. The number of piperidine rings is 1. The lowest BCUT2D eigenvalue weighted by molar-refractivity contribution is -0.0827. The van der Waals surface area contributed by atoms with Crippen molar-refractivity contribution in [3.63, 3.8) is 0 Å². The highest BCUT2D eigenvalue weighted by Crippen LogP contribution is 2.38. The molecule has 5 heteroatoms. The lowest BCUT2D eigenvalue weighted by Crippen LogP contribution is -2.44. The number of halogens is 2. The van der Waals surface area contributed by atoms with Gasteiger partial charge in [0.05, 0.1) is 11.2 Å². The topological polar surface area (TPSA) is 29.5 Å². The summed E-state index contributed by atoms with van der Waals surface area (Å²) in [5, 5.41) is 0. The van der Waals surface area contributed by atoms with Gasteiger partial charge in [-0.2, -0.15) is 0 Å². The molecule has 0 spiro atoms. The quantitative estimate of drug-likeness (QED) is 0.739. The van der Waals surface area contributed by atoms with Gasteiger partial charge in [-0.15, -0.1) is 0 Å². The van der Waals surface area contributed by atoms with Crippen molar-refractivity contribution in [2.24, 2.45) is 5.92 Å². The van der Waals surface area contributed by atoms with Gasteiger partial charge in [-0.05, 0) is 69.8 Å². The molecule has 1 saturated carbocycles. The molecule has 24 heavy (non-hydrogen) atoms. The molecule has 1 saturated heterocycles. The van der Waals surface area contributed by atoms with Crippen LogP contribution in [0.2, 0.25) is 0 Å². The van der Waals surface area contributed by atoms with Gasteiger partial charge in [0.1, 0.15) is 11.6 Å². The molecule has 1 aliphatic heterocycles. The summed E-state index contributed by atoms with van der Waals surface area (Å²) in [4.78, 5) is 14.8. The van der Waals surface area contributed by atoms with E-state index in [0.29, 0.717) is 12.8 Å². The number of hydrogen-bond acceptors (Lipinski definition) is 3. The first kappa shape index (κ1) is 17.5. The van der Waals surface area contributed by atoms with Crippen molar-refractivity contribution in [3.05, 3.63) is 35.4 Å². The van der Waals surface area contributed by atoms with Gasteiger partial charge in [-0.1, -0.05) is 0 Å². The Bertz CT molecular complexity index is 588. The van der Waals surface area contributed by atoms with Crippen molar-refractivity contribution in [3.8, 4) is 0 Å². The fraction of sp³-hybridized carbons (Fsp3) is 0.632. The van der Waals surface area contributed by atoms with Crippen LogP contribution in [0.25, 0.3) is 0 Å². The van der Waals surface area contributed by atoms with Crippen molar-refractivity contribution >= 4 is 5.78 Å². The van der Waals surface area contributed by atoms with Crippen LogP contribution < -0.4 is 0 Å². The molecule has 0 radical (unpaired) electrons. The summed E-state index contributed by atoms with van der Waals surface area (Å²) in [7, 11) is 1.79. The van der Waals surface area contributed by atoms with Crippen LogP contribution in [0.4, 0.5) is 8.78 Å². The summed E-state index contributed by atoms with van der Waals surface area (Å²) in [6.07, 6.45) is 5.95. The van der Waals surface area contributed by atoms with Gasteiger partial charge in [-0.25, -0.2) is 8.78 Å². The lowest BCUT2D eigenvalue weighted by atomic mass is 9.77. The Hall–Kier alpha value is -1.33. The van der Waals surface area contributed by atoms with Gasteiger partial charge >= 0.3 is 0 Å². The molecular formula is C19H25F2NO2. The second-order valence-corrected chi connectivity index (χ2v) is 7.10. The minimum absolute atomic E-state index is 0.0668. The van der Waals surface area contributed by atoms with Crippen LogP contribution in [0, 0.1) is 17.6 Å². The molecule has 1 heterocycles. The van der Waals surface area contributed by atoms with Crippen molar-refractivity contribution in [1.29, 1.82) is 0 Å². The van der Waals surface area contributed by atoms with Gasteiger partial charge in [0.25, 0.3) is 0 Å². The second-order valence-electron chi connectivity index (χ2n) is 7.10. The Morgan fingerprint density at radius 2 is 2.00 bits per heavy atom. The number of nitrogens with zero attached hydrogens (tertiary/aromatic N) is 1. The first-order valence-corrected chi connectivity index (χ1v) is 8.80. The third-order valence-corrected chi connectivity index (χ3v) is 5.73. The van der Waals surface area contributed by atoms with E-state index in [9.17, 15) is 13.6 Å². The molecule has 0 bridgehead atoms. The summed E-state index contributed by atoms with van der Waals surface area (Å²) >= 11 is 0. The number of Topliss-reactive ketones (excluding diaryl/α,β-unsaturated/α-hetero) is 1. The maximum Gasteiger partial charge on any atom is 0.169 e. The van der Waals surface area contributed by atoms with Crippen molar-refractivity contribution in [1.82, 2.24) is 4.90 Å². The molecule has 1 aromatic carbocycles. The van der Waals surface area contributed by atoms with Crippen molar-refractivity contribution in [2.45, 2.75) is 44.1 Å². The summed E-state index contributed by atoms with van der Waals surface area (Å²) in [5.41, 5.74) is -0.0431. The van der Waals surface area contributed by atoms with Crippen molar-refractivity contribution < 1.29 is 18.3 Å². The average Bonchev–Trinajstić information content (AvgIpc) is 2.56. The summed E-state index contributed by atoms with van der Waals surface area (Å²) in [5.74, 6) is -1.67. The van der Waals surface area contributed by atoms with E-state index in [1.807, 2.05) is 0 Å². The van der Waals surface area contributed by atoms with Gasteiger partial charge in [0.2, 0.25) is 0 Å². The Labute approximate surface area is 142 Å². The molecule has 2 fully saturated rings. The second kappa shape index (κ2) is 7.28. The van der Waals surface area contributed by atoms with Crippen LogP contribution in [0.3, 0.4) is 0 Å². The molecule has 0 atom stereocenters. The minimum Gasteiger partial charge on any atom is -0.378 e. The highest BCUT2D eigenvalue weighted by Gasteiger charge is 2.37. The largest absolute Gasteiger partial charge is 0.378 e. The molecule has 0 N–H and O–H groups in total. The van der Waals surface area contributed by atoms with E-state index in [1.165, 1.54) is 6.42 Å². The van der Waals surface area contributed by atoms with Crippen LogP contribution in [-0.4, -0.2) is 43.0 Å². The van der Waals surface area contributed by atoms with E-state index in [4.69, 9.17) is 4.74 Å². The maximum absolute atomic E-state index is 13.8. The Balaban J connectivity index is 1.51. The number of methoxy groups -OCH3 is 1. The predicted octanol–water partition coefficient (Wildman–Crippen LogP) is 3.82. The van der Waals surface area contributed by atoms with Gasteiger partial charge in [0.15, 0.2) is 5.78 Å². The smallest absolute Gasteiger partial charge is 0.169 e. The lowest BCUT2D eigenvalue weighted by Gasteiger charge is -2.42. The number of hydrogen-bond donors (Lipinski definition) is 0. The van der Waals surface area contributed by atoms with Crippen LogP contribution >= 0.6 is 0 Å². The van der Waals surface area contributed by atoms with Gasteiger partial charge in [0, 0.05) is 19.6 Å². The number of rotatable bonds is 6. The monoisotopic (exact) mass is 337 g/mol. The van der Waals surface area contributed by atoms with Crippen molar-refractivity contribution in [2.75, 3.05) is 26.7 Å². The fourth-order valence-corrected chi connectivity index (χ4v) is 3.81. The number of benzene rings is 1. The zero-order valence-corrected chi connectivity index (χ0v) is 14.2. The summed E-state index contributed by atoms with van der Waals surface area (Å²) < 4.78 is 32.7. The normalized spacial score (nSPS) is 21.5. The van der Waals surface area contributed by atoms with E-state index in [-0.39, 0.29) is 22.9 Å². The Morgan fingerprint density at radius 1 is 1.29 bits per heavy atom. The van der Waals surface area contributed by atoms with E-state index >= 15 is 0 Å². The zero-order chi connectivity index (χ0) is 17.2. The number of likely N-dealkylation sites (tertiary alicyclic amines) is 1. The predicted molar refractivity (Wildman–Crippen MR) is 88.1 cm³/mol. The number of carbonyl (C=O) groups excluding carboxylic acids is 1. The molecular weight excluding hydrogens is 312 g/mol. The Kier molecular flexibility index (Phi) is 5.30. The Morgan fingerprint density at radius 3 is 2.58 bits per heavy atom. The number of ether oxygens (including phenoxy) is 1. The summed E-state index contributed by atoms with van der Waals surface area (Å²) in [6, 6.07) is 3.09.